The van der Waals surface area contributed by atoms with Crippen LogP contribution in [0.15, 0.2) is 0 Å². The summed E-state index contributed by atoms with van der Waals surface area (Å²) < 4.78 is 56.2. The Morgan fingerprint density at radius 2 is 1.17 bits per heavy atom. The molecule has 0 unspecified atom stereocenters. The number of hydrogen-bond donors (Lipinski definition) is 2. The SMILES string of the molecule is O=S(=O)(O)CCCS(=O)(=O)O.[H-].[H-].[Sr+2]. The van der Waals surface area contributed by atoms with E-state index < -0.39 is 31.7 Å². The first kappa shape index (κ1) is 15.8. The van der Waals surface area contributed by atoms with E-state index in [0.717, 1.165) is 0 Å². The average Bonchev–Trinajstić information content (AvgIpc) is 1.55. The standard InChI is InChI=1S/C3H8O6S2.Sr.2H/c4-10(5,6)2-1-3-11(7,8)9;;;/h1-3H2,(H,4,5,6)(H,7,8,9);;;/q;+2;2*-1. The Morgan fingerprint density at radius 1 is 0.917 bits per heavy atom. The molecule has 0 fully saturated rings. The minimum absolute atomic E-state index is 0. The molecule has 6 nitrogen and oxygen atoms in total. The zero-order chi connectivity index (χ0) is 9.12. The maximum absolute atomic E-state index is 10.00. The summed E-state index contributed by atoms with van der Waals surface area (Å²) in [5, 5.41) is 0. The van der Waals surface area contributed by atoms with Gasteiger partial charge in [0, 0.05) is 0 Å². The predicted octanol–water partition coefficient (Wildman–Crippen LogP) is -1.00. The van der Waals surface area contributed by atoms with Crippen molar-refractivity contribution in [3.8, 4) is 0 Å². The van der Waals surface area contributed by atoms with E-state index in [9.17, 15) is 16.8 Å². The summed E-state index contributed by atoms with van der Waals surface area (Å²) in [6.45, 7) is 0. The second-order valence-corrected chi connectivity index (χ2v) is 5.07. The zero-order valence-electron chi connectivity index (χ0n) is 8.17. The van der Waals surface area contributed by atoms with Crippen LogP contribution in [0.3, 0.4) is 0 Å². The van der Waals surface area contributed by atoms with E-state index in [1.807, 2.05) is 0 Å². The van der Waals surface area contributed by atoms with Gasteiger partial charge in [0.25, 0.3) is 20.2 Å². The van der Waals surface area contributed by atoms with Gasteiger partial charge >= 0.3 is 45.5 Å². The van der Waals surface area contributed by atoms with Crippen molar-refractivity contribution in [3.05, 3.63) is 0 Å². The van der Waals surface area contributed by atoms with Crippen LogP contribution in [0.5, 0.6) is 0 Å². The molecule has 2 N–H and O–H groups in total. The largest absolute Gasteiger partial charge is 2.00 e. The van der Waals surface area contributed by atoms with Crippen molar-refractivity contribution in [1.82, 2.24) is 0 Å². The first-order valence-electron chi connectivity index (χ1n) is 2.61. The van der Waals surface area contributed by atoms with Crippen molar-refractivity contribution in [2.24, 2.45) is 0 Å². The molecule has 0 amide bonds. The van der Waals surface area contributed by atoms with Gasteiger partial charge in [0.05, 0.1) is 11.5 Å². The van der Waals surface area contributed by atoms with E-state index in [1.165, 1.54) is 0 Å². The molecule has 0 aliphatic rings. The Bertz CT molecular complexity index is 278. The summed E-state index contributed by atoms with van der Waals surface area (Å²) in [5.74, 6) is -1.32. The maximum Gasteiger partial charge on any atom is 2.00 e. The Labute approximate surface area is 111 Å². The second kappa shape index (κ2) is 5.91. The molecule has 9 heteroatoms. The molecule has 0 rings (SSSR count). The van der Waals surface area contributed by atoms with Crippen LogP contribution in [-0.2, 0) is 20.2 Å². The summed E-state index contributed by atoms with van der Waals surface area (Å²) in [6.07, 6.45) is -0.308. The van der Waals surface area contributed by atoms with E-state index >= 15 is 0 Å². The van der Waals surface area contributed by atoms with Crippen molar-refractivity contribution in [3.63, 3.8) is 0 Å². The van der Waals surface area contributed by atoms with E-state index in [1.54, 1.807) is 0 Å². The summed E-state index contributed by atoms with van der Waals surface area (Å²) in [4.78, 5) is 0. The topological polar surface area (TPSA) is 109 Å². The fraction of sp³-hybridized carbons (Fsp3) is 1.00. The minimum atomic E-state index is -4.12. The Kier molecular flexibility index (Phi) is 7.76. The summed E-state index contributed by atoms with van der Waals surface area (Å²) in [5.41, 5.74) is 0. The molecular formula is C3H10O6S2Sr. The molecule has 0 spiro atoms. The van der Waals surface area contributed by atoms with Gasteiger partial charge in [-0.25, -0.2) is 0 Å². The Balaban J connectivity index is -0.000000167. The molecule has 0 aromatic rings. The maximum atomic E-state index is 10.00. The van der Waals surface area contributed by atoms with Crippen LogP contribution in [0.25, 0.3) is 0 Å². The molecule has 0 aromatic heterocycles. The van der Waals surface area contributed by atoms with Gasteiger partial charge in [0.1, 0.15) is 0 Å². The first-order chi connectivity index (χ1) is 4.71. The van der Waals surface area contributed by atoms with Crippen LogP contribution in [-0.4, -0.2) is 82.9 Å². The summed E-state index contributed by atoms with van der Waals surface area (Å²) in [6, 6.07) is 0. The molecule has 0 saturated carbocycles. The van der Waals surface area contributed by atoms with E-state index in [-0.39, 0.29) is 54.8 Å². The molecule has 0 aliphatic heterocycles. The van der Waals surface area contributed by atoms with Gasteiger partial charge in [-0.15, -0.1) is 0 Å². The molecule has 0 aliphatic carbocycles. The van der Waals surface area contributed by atoms with Gasteiger partial charge in [-0.2, -0.15) is 16.8 Å². The monoisotopic (exact) mass is 294 g/mol. The fourth-order valence-electron chi connectivity index (χ4n) is 0.424. The average molecular weight is 294 g/mol. The van der Waals surface area contributed by atoms with E-state index in [4.69, 9.17) is 9.11 Å². The second-order valence-electron chi connectivity index (χ2n) is 1.93. The van der Waals surface area contributed by atoms with E-state index in [2.05, 4.69) is 0 Å². The smallest absolute Gasteiger partial charge is 1.00 e. The molecule has 0 aromatic carbocycles. The van der Waals surface area contributed by atoms with Crippen LogP contribution in [0.1, 0.15) is 9.27 Å². The molecule has 0 bridgehead atoms. The van der Waals surface area contributed by atoms with Crippen LogP contribution in [0, 0.1) is 0 Å². The van der Waals surface area contributed by atoms with Gasteiger partial charge in [-0.05, 0) is 6.42 Å². The van der Waals surface area contributed by atoms with Crippen LogP contribution in [0.4, 0.5) is 0 Å². The third kappa shape index (κ3) is 13.9. The summed E-state index contributed by atoms with van der Waals surface area (Å²) >= 11 is 0. The molecule has 72 valence electrons. The molecule has 0 heterocycles. The van der Waals surface area contributed by atoms with Crippen LogP contribution in [0.2, 0.25) is 0 Å². The first-order valence-corrected chi connectivity index (χ1v) is 5.83. The van der Waals surface area contributed by atoms with Gasteiger partial charge in [-0.3, -0.25) is 9.11 Å². The van der Waals surface area contributed by atoms with Gasteiger partial charge in [-0.1, -0.05) is 0 Å². The minimum Gasteiger partial charge on any atom is -1.00 e. The molecule has 0 atom stereocenters. The third-order valence-electron chi connectivity index (χ3n) is 0.805. The molecule has 12 heavy (non-hydrogen) atoms. The number of rotatable bonds is 4. The summed E-state index contributed by atoms with van der Waals surface area (Å²) in [7, 11) is -8.24. The third-order valence-corrected chi connectivity index (χ3v) is 2.41. The quantitative estimate of drug-likeness (QED) is 0.508. The van der Waals surface area contributed by atoms with Crippen LogP contribution < -0.4 is 0 Å². The van der Waals surface area contributed by atoms with Gasteiger partial charge in [0.15, 0.2) is 0 Å². The Morgan fingerprint density at radius 3 is 1.33 bits per heavy atom. The number of hydrogen-bond acceptors (Lipinski definition) is 4. The zero-order valence-corrected chi connectivity index (χ0v) is 11.3. The van der Waals surface area contributed by atoms with Crippen molar-refractivity contribution in [1.29, 1.82) is 0 Å². The van der Waals surface area contributed by atoms with E-state index in [0.29, 0.717) is 0 Å². The van der Waals surface area contributed by atoms with Crippen molar-refractivity contribution in [2.45, 2.75) is 6.42 Å². The van der Waals surface area contributed by atoms with Crippen molar-refractivity contribution >= 4 is 65.7 Å². The normalized spacial score (nSPS) is 12.2. The molecule has 0 radical (unpaired) electrons. The van der Waals surface area contributed by atoms with Crippen molar-refractivity contribution in [2.75, 3.05) is 11.5 Å². The molecule has 0 saturated heterocycles. The van der Waals surface area contributed by atoms with Gasteiger partial charge in [0.2, 0.25) is 0 Å². The molecular weight excluding hydrogens is 284 g/mol. The fourth-order valence-corrected chi connectivity index (χ4v) is 1.62. The van der Waals surface area contributed by atoms with Gasteiger partial charge < -0.3 is 2.85 Å². The predicted molar refractivity (Wildman–Crippen MR) is 45.4 cm³/mol. The van der Waals surface area contributed by atoms with Crippen LogP contribution >= 0.6 is 0 Å². The Hall–Kier alpha value is 1.30. The van der Waals surface area contributed by atoms with Crippen molar-refractivity contribution < 1.29 is 28.8 Å².